The average molecular weight is 614 g/mol. The van der Waals surface area contributed by atoms with Gasteiger partial charge in [-0.25, -0.2) is 0 Å². The Kier molecular flexibility index (Phi) is 6.55. The summed E-state index contributed by atoms with van der Waals surface area (Å²) in [5.74, 6) is 0. The second kappa shape index (κ2) is 11.1. The molecule has 0 saturated carbocycles. The molecule has 0 aliphatic heterocycles. The molecule has 8 aromatic carbocycles. The van der Waals surface area contributed by atoms with Crippen molar-refractivity contribution in [2.24, 2.45) is 0 Å². The number of hydrogen-bond donors (Lipinski definition) is 0. The van der Waals surface area contributed by atoms with Crippen molar-refractivity contribution < 1.29 is 0 Å². The molecule has 0 radical (unpaired) electrons. The largest absolute Gasteiger partial charge is 0.309 e. The standard InChI is InChI=1S/C47H35N/c1-47(2)43-27-15-13-25-39(43)42-31-35(30-41(46(42)47)33-19-7-4-8-20-33)48(44-28-16-14-23-37(44)32-17-5-3-6-18-32)45-29-34-21-9-10-22-36(34)38-24-11-12-26-40(38)45/h3-31H,1-2H3. The van der Waals surface area contributed by atoms with E-state index in [1.54, 1.807) is 0 Å². The van der Waals surface area contributed by atoms with E-state index in [0.717, 1.165) is 17.1 Å². The fourth-order valence-corrected chi connectivity index (χ4v) is 8.04. The molecule has 0 aromatic heterocycles. The number of nitrogens with zero attached hydrogens (tertiary/aromatic N) is 1. The lowest BCUT2D eigenvalue weighted by molar-refractivity contribution is 0.662. The van der Waals surface area contributed by atoms with Gasteiger partial charge < -0.3 is 4.90 Å². The van der Waals surface area contributed by atoms with Gasteiger partial charge in [0.05, 0.1) is 11.4 Å². The van der Waals surface area contributed by atoms with Gasteiger partial charge in [0.1, 0.15) is 0 Å². The highest BCUT2D eigenvalue weighted by molar-refractivity contribution is 6.15. The quantitative estimate of drug-likeness (QED) is 0.175. The lowest BCUT2D eigenvalue weighted by atomic mass is 9.78. The highest BCUT2D eigenvalue weighted by Gasteiger charge is 2.38. The zero-order chi connectivity index (χ0) is 32.2. The first kappa shape index (κ1) is 28.3. The maximum absolute atomic E-state index is 2.51. The van der Waals surface area contributed by atoms with E-state index in [1.165, 1.54) is 66.1 Å². The van der Waals surface area contributed by atoms with Crippen LogP contribution in [0.2, 0.25) is 0 Å². The van der Waals surface area contributed by atoms with Gasteiger partial charge in [-0.15, -0.1) is 0 Å². The van der Waals surface area contributed by atoms with Gasteiger partial charge in [-0.2, -0.15) is 0 Å². The van der Waals surface area contributed by atoms with Crippen LogP contribution < -0.4 is 4.90 Å². The van der Waals surface area contributed by atoms with E-state index in [9.17, 15) is 0 Å². The van der Waals surface area contributed by atoms with Crippen LogP contribution in [0.25, 0.3) is 54.9 Å². The number of benzene rings is 8. The molecule has 0 heterocycles. The van der Waals surface area contributed by atoms with E-state index in [1.807, 2.05) is 0 Å². The third-order valence-corrected chi connectivity index (χ3v) is 10.2. The molecule has 0 spiro atoms. The Morgan fingerprint density at radius 2 is 0.938 bits per heavy atom. The van der Waals surface area contributed by atoms with Gasteiger partial charge in [-0.1, -0.05) is 166 Å². The van der Waals surface area contributed by atoms with Gasteiger partial charge in [0.2, 0.25) is 0 Å². The Morgan fingerprint density at radius 3 is 1.69 bits per heavy atom. The molecule has 48 heavy (non-hydrogen) atoms. The van der Waals surface area contributed by atoms with E-state index in [-0.39, 0.29) is 5.41 Å². The maximum atomic E-state index is 2.51. The van der Waals surface area contributed by atoms with E-state index < -0.39 is 0 Å². The highest BCUT2D eigenvalue weighted by atomic mass is 15.1. The zero-order valence-corrected chi connectivity index (χ0v) is 27.2. The summed E-state index contributed by atoms with van der Waals surface area (Å²) in [4.78, 5) is 2.51. The van der Waals surface area contributed by atoms with Crippen molar-refractivity contribution in [2.75, 3.05) is 4.90 Å². The molecule has 9 rings (SSSR count). The normalized spacial score (nSPS) is 13.0. The van der Waals surface area contributed by atoms with E-state index in [0.29, 0.717) is 0 Å². The average Bonchev–Trinajstić information content (AvgIpc) is 3.38. The van der Waals surface area contributed by atoms with Crippen LogP contribution >= 0.6 is 0 Å². The Morgan fingerprint density at radius 1 is 0.396 bits per heavy atom. The molecule has 1 nitrogen and oxygen atoms in total. The van der Waals surface area contributed by atoms with Crippen LogP contribution in [0.5, 0.6) is 0 Å². The minimum atomic E-state index is -0.141. The third-order valence-electron chi connectivity index (χ3n) is 10.2. The van der Waals surface area contributed by atoms with Gasteiger partial charge in [-0.05, 0) is 79.4 Å². The molecule has 228 valence electrons. The fourth-order valence-electron chi connectivity index (χ4n) is 8.04. The first-order valence-electron chi connectivity index (χ1n) is 16.8. The summed E-state index contributed by atoms with van der Waals surface area (Å²) in [6.07, 6.45) is 0. The molecule has 8 aromatic rings. The van der Waals surface area contributed by atoms with Crippen molar-refractivity contribution >= 4 is 38.6 Å². The second-order valence-electron chi connectivity index (χ2n) is 13.3. The third kappa shape index (κ3) is 4.39. The lowest BCUT2D eigenvalue weighted by Gasteiger charge is -2.32. The molecule has 0 bridgehead atoms. The van der Waals surface area contributed by atoms with Crippen molar-refractivity contribution in [3.63, 3.8) is 0 Å². The molecule has 1 aliphatic rings. The Bertz CT molecular complexity index is 2470. The van der Waals surface area contributed by atoms with Gasteiger partial charge in [0.25, 0.3) is 0 Å². The Balaban J connectivity index is 1.42. The van der Waals surface area contributed by atoms with E-state index in [4.69, 9.17) is 0 Å². The number of fused-ring (bicyclic) bond motifs is 6. The second-order valence-corrected chi connectivity index (χ2v) is 13.3. The van der Waals surface area contributed by atoms with Gasteiger partial charge in [-0.3, -0.25) is 0 Å². The monoisotopic (exact) mass is 613 g/mol. The molecule has 1 heteroatoms. The predicted molar refractivity (Wildman–Crippen MR) is 205 cm³/mol. The minimum Gasteiger partial charge on any atom is -0.309 e. The predicted octanol–water partition coefficient (Wildman–Crippen LogP) is 13.1. The summed E-state index contributed by atoms with van der Waals surface area (Å²) in [5.41, 5.74) is 13.6. The molecule has 1 aliphatic carbocycles. The van der Waals surface area contributed by atoms with Crippen molar-refractivity contribution in [3.05, 3.63) is 187 Å². The van der Waals surface area contributed by atoms with Gasteiger partial charge in [0, 0.05) is 22.1 Å². The topological polar surface area (TPSA) is 3.24 Å². The number of hydrogen-bond acceptors (Lipinski definition) is 1. The summed E-state index contributed by atoms with van der Waals surface area (Å²) in [6, 6.07) is 64.4. The van der Waals surface area contributed by atoms with E-state index in [2.05, 4.69) is 195 Å². The van der Waals surface area contributed by atoms with Gasteiger partial charge in [0.15, 0.2) is 0 Å². The van der Waals surface area contributed by atoms with Crippen LogP contribution in [0.1, 0.15) is 25.0 Å². The molecule has 0 atom stereocenters. The first-order valence-corrected chi connectivity index (χ1v) is 16.8. The number of anilines is 3. The Labute approximate surface area is 282 Å². The first-order chi connectivity index (χ1) is 23.6. The van der Waals surface area contributed by atoms with Crippen molar-refractivity contribution in [1.29, 1.82) is 0 Å². The Hall–Kier alpha value is -5.92. The molecule has 0 amide bonds. The summed E-state index contributed by atoms with van der Waals surface area (Å²) in [7, 11) is 0. The smallest absolute Gasteiger partial charge is 0.0546 e. The van der Waals surface area contributed by atoms with Crippen molar-refractivity contribution in [1.82, 2.24) is 0 Å². The van der Waals surface area contributed by atoms with Crippen LogP contribution in [-0.4, -0.2) is 0 Å². The van der Waals surface area contributed by atoms with E-state index >= 15 is 0 Å². The van der Waals surface area contributed by atoms with Crippen LogP contribution in [-0.2, 0) is 5.41 Å². The molecular formula is C47H35N. The fraction of sp³-hybridized carbons (Fsp3) is 0.0638. The molecular weight excluding hydrogens is 579 g/mol. The summed E-state index contributed by atoms with van der Waals surface area (Å²) >= 11 is 0. The van der Waals surface area contributed by atoms with Crippen LogP contribution in [0, 0.1) is 0 Å². The molecule has 0 saturated heterocycles. The summed E-state index contributed by atoms with van der Waals surface area (Å²) in [6.45, 7) is 4.76. The van der Waals surface area contributed by atoms with Crippen molar-refractivity contribution in [2.45, 2.75) is 19.3 Å². The van der Waals surface area contributed by atoms with Crippen LogP contribution in [0.4, 0.5) is 17.1 Å². The van der Waals surface area contributed by atoms with Crippen molar-refractivity contribution in [3.8, 4) is 33.4 Å². The summed E-state index contributed by atoms with van der Waals surface area (Å²) in [5, 5.41) is 4.97. The van der Waals surface area contributed by atoms with Crippen LogP contribution in [0.3, 0.4) is 0 Å². The van der Waals surface area contributed by atoms with Crippen LogP contribution in [0.15, 0.2) is 176 Å². The summed E-state index contributed by atoms with van der Waals surface area (Å²) < 4.78 is 0. The van der Waals surface area contributed by atoms with Gasteiger partial charge >= 0.3 is 0 Å². The number of para-hydroxylation sites is 1. The lowest BCUT2D eigenvalue weighted by Crippen LogP contribution is -2.17. The number of rotatable bonds is 5. The molecule has 0 N–H and O–H groups in total. The molecule has 0 unspecified atom stereocenters. The minimum absolute atomic E-state index is 0.141. The highest BCUT2D eigenvalue weighted by Crippen LogP contribution is 2.55. The maximum Gasteiger partial charge on any atom is 0.0546 e. The molecule has 0 fully saturated rings. The SMILES string of the molecule is CC1(C)c2ccccc2-c2cc(N(c3ccccc3-c3ccccc3)c3cc4ccccc4c4ccccc34)cc(-c3ccccc3)c21. The zero-order valence-electron chi connectivity index (χ0n) is 27.2.